The highest BCUT2D eigenvalue weighted by Gasteiger charge is 2.18. The summed E-state index contributed by atoms with van der Waals surface area (Å²) in [7, 11) is 27.3. The van der Waals surface area contributed by atoms with Crippen molar-refractivity contribution in [3.63, 3.8) is 0 Å². The third-order valence-corrected chi connectivity index (χ3v) is 14.8. The molecule has 4 heterocycles. The largest absolute Gasteiger partial charge is 0.431 e. The predicted octanol–water partition coefficient (Wildman–Crippen LogP) is 11.6. The normalized spacial score (nSPS) is 10.8. The van der Waals surface area contributed by atoms with E-state index in [0.717, 1.165) is 66.3 Å². The molecule has 4 aromatic heterocycles. The highest BCUT2D eigenvalue weighted by Crippen LogP contribution is 2.30. The van der Waals surface area contributed by atoms with E-state index in [4.69, 9.17) is 11.0 Å². The topological polar surface area (TPSA) is 231 Å². The van der Waals surface area contributed by atoms with Gasteiger partial charge in [0.1, 0.15) is 50.1 Å². The minimum Gasteiger partial charge on any atom is -0.378 e. The van der Waals surface area contributed by atoms with Gasteiger partial charge < -0.3 is 35.6 Å². The molecule has 0 saturated heterocycles. The molecular weight excluding hydrogens is 1090 g/mol. The lowest BCUT2D eigenvalue weighted by atomic mass is 10.1. The maximum atomic E-state index is 8.58. The first kappa shape index (κ1) is 64.2. The number of hydrogen-bond donors (Lipinski definition) is 2. The van der Waals surface area contributed by atoms with Crippen LogP contribution in [0.5, 0.6) is 0 Å². The zero-order valence-corrected chi connectivity index (χ0v) is 51.0. The molecule has 23 nitrogen and oxygen atoms in total. The minimum atomic E-state index is 0. The number of benzene rings is 4. The molecule has 0 atom stereocenters. The fourth-order valence-corrected chi connectivity index (χ4v) is 9.51. The third-order valence-electron chi connectivity index (χ3n) is 11.0. The van der Waals surface area contributed by atoms with Gasteiger partial charge in [-0.2, -0.15) is 5.26 Å². The Morgan fingerprint density at radius 1 is 0.550 bits per heavy atom. The number of nitriles is 1. The average molecular weight is 1160 g/mol. The first-order valence-electron chi connectivity index (χ1n) is 24.5. The molecule has 0 aliphatic carbocycles. The van der Waals surface area contributed by atoms with Gasteiger partial charge in [-0.15, -0.1) is 14.0 Å². The van der Waals surface area contributed by atoms with Crippen LogP contribution in [0, 0.1) is 25.2 Å². The standard InChI is InChI=1S/C14H21N6S.C14H16N5S.C13H19N6S.C11H15N6S.CH4/c1-10-9-11(7-8-12(10)18(2)3)15-16-13-20(6)17-14(21-13)19(4)5;1-18(9-3-8-15)13-6-4-12(5-7-13)16-17-14-19(2)10-11-20-14;1-9-8-10(6-7-11(9)18(3)4)15-16-13-19(5)17-12(14-2)20-13;1-16(2)9-6-4-8(5-7-9)13-14-11-17(3)15-10(12)18-11;/h7-9H,1-6H3;4-7,10-11H,3,9H2,1-2H3;6-8H,1-5H3,(H,14,17);4-7H,1-3H3,(H2,12,15);1H4/q4*+1;. The lowest BCUT2D eigenvalue weighted by molar-refractivity contribution is -0.712. The van der Waals surface area contributed by atoms with E-state index in [-0.39, 0.29) is 7.43 Å². The summed E-state index contributed by atoms with van der Waals surface area (Å²) in [6.07, 6.45) is 2.47. The summed E-state index contributed by atoms with van der Waals surface area (Å²) in [6.45, 7) is 4.87. The molecule has 3 N–H and O–H groups in total. The monoisotopic (exact) mass is 1160 g/mol. The Balaban J connectivity index is 0.000000229. The average Bonchev–Trinajstić information content (AvgIpc) is 4.20. The number of hydrogen-bond acceptors (Lipinski definition) is 23. The van der Waals surface area contributed by atoms with Gasteiger partial charge in [0.15, 0.2) is 0 Å². The molecule has 0 aliphatic heterocycles. The van der Waals surface area contributed by atoms with Crippen LogP contribution >= 0.6 is 45.3 Å². The maximum Gasteiger partial charge on any atom is 0.431 e. The van der Waals surface area contributed by atoms with E-state index in [1.54, 1.807) is 32.4 Å². The number of aryl methyl sites for hydroxylation is 6. The van der Waals surface area contributed by atoms with Crippen molar-refractivity contribution in [2.75, 3.05) is 113 Å². The number of nitrogen functional groups attached to an aromatic ring is 1. The Kier molecular flexibility index (Phi) is 25.1. The molecule has 0 aliphatic rings. The van der Waals surface area contributed by atoms with Crippen molar-refractivity contribution in [3.8, 4) is 6.07 Å². The van der Waals surface area contributed by atoms with Gasteiger partial charge in [-0.1, -0.05) is 22.7 Å². The van der Waals surface area contributed by atoms with E-state index < -0.39 is 0 Å². The van der Waals surface area contributed by atoms with E-state index in [9.17, 15) is 0 Å². The molecule has 8 aromatic rings. The summed E-state index contributed by atoms with van der Waals surface area (Å²) in [5.74, 6) is 0. The van der Waals surface area contributed by atoms with Crippen molar-refractivity contribution >= 4 is 127 Å². The van der Waals surface area contributed by atoms with E-state index in [2.05, 4.69) is 103 Å². The van der Waals surface area contributed by atoms with Gasteiger partial charge >= 0.3 is 20.5 Å². The molecule has 80 heavy (non-hydrogen) atoms. The summed E-state index contributed by atoms with van der Waals surface area (Å²) in [5.41, 5.74) is 15.8. The van der Waals surface area contributed by atoms with E-state index in [1.807, 2.05) is 195 Å². The Bertz CT molecular complexity index is 3360. The van der Waals surface area contributed by atoms with Gasteiger partial charge in [-0.3, -0.25) is 0 Å². The molecule has 0 radical (unpaired) electrons. The molecule has 0 saturated carbocycles. The van der Waals surface area contributed by atoms with E-state index >= 15 is 0 Å². The zero-order valence-electron chi connectivity index (χ0n) is 47.8. The number of anilines is 7. The SMILES string of the molecule is C.CN(C)c1ccc(N=Nc2sc(N)n[n+]2C)cc1.CN(CCC#N)c1ccc(N=Nc2scc[n+]2C)cc1.CNc1n[n+](C)c(N=Nc2ccc(N(C)C)c(C)c2)s1.Cc1cc(N=Nc2sc(N(C)C)n[n+]2C)ccc1N(C)C. The molecule has 0 spiro atoms. The number of azo groups is 4. The smallest absolute Gasteiger partial charge is 0.378 e. The van der Waals surface area contributed by atoms with Gasteiger partial charge in [0, 0.05) is 105 Å². The Hall–Kier alpha value is -8.32. The van der Waals surface area contributed by atoms with Gasteiger partial charge in [0.05, 0.1) is 40.0 Å². The van der Waals surface area contributed by atoms with Gasteiger partial charge in [0.25, 0.3) is 0 Å². The second kappa shape index (κ2) is 31.3. The molecule has 0 unspecified atom stereocenters. The van der Waals surface area contributed by atoms with Crippen LogP contribution in [0.4, 0.5) is 81.4 Å². The second-order valence-corrected chi connectivity index (χ2v) is 21.9. The highest BCUT2D eigenvalue weighted by atomic mass is 32.1. The summed E-state index contributed by atoms with van der Waals surface area (Å²) in [4.78, 5) is 10.2. The fourth-order valence-electron chi connectivity index (χ4n) is 6.77. The van der Waals surface area contributed by atoms with Gasteiger partial charge in [-0.25, -0.2) is 4.57 Å². The van der Waals surface area contributed by atoms with Crippen LogP contribution in [-0.4, -0.2) is 92.3 Å². The zero-order chi connectivity index (χ0) is 57.8. The summed E-state index contributed by atoms with van der Waals surface area (Å²) in [6, 6.07) is 29.9. The number of nitrogens with two attached hydrogens (primary N) is 1. The van der Waals surface area contributed by atoms with Crippen molar-refractivity contribution in [1.82, 2.24) is 15.3 Å². The number of rotatable bonds is 16. The van der Waals surface area contributed by atoms with Crippen molar-refractivity contribution in [3.05, 3.63) is 108 Å². The van der Waals surface area contributed by atoms with Gasteiger partial charge in [0.2, 0.25) is 15.4 Å². The quantitative estimate of drug-likeness (QED) is 0.0682. The lowest BCUT2D eigenvalue weighted by Crippen LogP contribution is -2.30. The summed E-state index contributed by atoms with van der Waals surface area (Å²) in [5, 5.41) is 65.3. The first-order chi connectivity index (χ1) is 37.6. The van der Waals surface area contributed by atoms with Crippen LogP contribution in [0.2, 0.25) is 0 Å². The van der Waals surface area contributed by atoms with Crippen LogP contribution in [0.15, 0.2) is 137 Å². The van der Waals surface area contributed by atoms with E-state index in [0.29, 0.717) is 16.7 Å². The lowest BCUT2D eigenvalue weighted by Gasteiger charge is -2.17. The molecule has 8 rings (SSSR count). The van der Waals surface area contributed by atoms with Crippen LogP contribution in [0.3, 0.4) is 0 Å². The number of nitrogens with one attached hydrogen (secondary N) is 1. The van der Waals surface area contributed by atoms with Crippen molar-refractivity contribution < 1.29 is 18.6 Å². The Morgan fingerprint density at radius 2 is 1.00 bits per heavy atom. The maximum absolute atomic E-state index is 8.58. The van der Waals surface area contributed by atoms with Crippen molar-refractivity contribution in [2.45, 2.75) is 27.7 Å². The fraction of sp³-hybridized carbons (Fsp3) is 0.358. The second-order valence-electron chi connectivity index (χ2n) is 18.2. The van der Waals surface area contributed by atoms with Crippen LogP contribution < -0.4 is 54.2 Å². The van der Waals surface area contributed by atoms with Crippen LogP contribution in [0.1, 0.15) is 25.0 Å². The molecule has 0 amide bonds. The third kappa shape index (κ3) is 19.5. The van der Waals surface area contributed by atoms with Crippen molar-refractivity contribution in [2.24, 2.45) is 69.1 Å². The highest BCUT2D eigenvalue weighted by molar-refractivity contribution is 7.18. The van der Waals surface area contributed by atoms with E-state index in [1.165, 1.54) is 56.5 Å². The molecule has 4 aromatic carbocycles. The molecular formula is C53H75N23S4+4. The molecule has 27 heteroatoms. The first-order valence-corrected chi connectivity index (χ1v) is 27.8. The van der Waals surface area contributed by atoms with Crippen LogP contribution in [-0.2, 0) is 28.2 Å². The Labute approximate surface area is 486 Å². The summed E-state index contributed by atoms with van der Waals surface area (Å²) >= 11 is 5.82. The number of nitrogens with zero attached hydrogens (tertiary/aromatic N) is 21. The molecule has 422 valence electrons. The molecule has 0 fully saturated rings. The number of thiazole rings is 1. The number of aromatic nitrogens is 7. The molecule has 0 bridgehead atoms. The Morgan fingerprint density at radius 3 is 1.40 bits per heavy atom. The van der Waals surface area contributed by atoms with Crippen molar-refractivity contribution in [1.29, 1.82) is 5.26 Å². The summed E-state index contributed by atoms with van der Waals surface area (Å²) < 4.78 is 6.99. The predicted molar refractivity (Wildman–Crippen MR) is 329 cm³/mol. The van der Waals surface area contributed by atoms with Gasteiger partial charge in [-0.05, 0) is 176 Å². The minimum absolute atomic E-state index is 0. The van der Waals surface area contributed by atoms with Crippen LogP contribution in [0.25, 0.3) is 0 Å².